The van der Waals surface area contributed by atoms with Gasteiger partial charge >= 0.3 is 0 Å². The molecule has 0 spiro atoms. The molecule has 0 bridgehead atoms. The summed E-state index contributed by atoms with van der Waals surface area (Å²) in [6.07, 6.45) is 0.588. The highest BCUT2D eigenvalue weighted by molar-refractivity contribution is 8.15. The Kier molecular flexibility index (Phi) is 8.22. The molecule has 36 heavy (non-hydrogen) atoms. The van der Waals surface area contributed by atoms with Crippen LogP contribution in [0.2, 0.25) is 0 Å². The van der Waals surface area contributed by atoms with Crippen molar-refractivity contribution in [2.75, 3.05) is 26.1 Å². The highest BCUT2D eigenvalue weighted by Gasteiger charge is 2.35. The standard InChI is InChI=1S/C27H26FN3O4S/c1-34-22-13-8-18(16-23(22)35-2)14-15-31-25(32)17-24(26(33)29-21-11-9-19(28)10-12-21)36-27(31)30-20-6-4-3-5-7-20/h3-13,16,24H,14-15,17H2,1-2H3,(H,29,33)/t24-/m0/s1. The van der Waals surface area contributed by atoms with Crippen molar-refractivity contribution in [1.29, 1.82) is 0 Å². The second-order valence-corrected chi connectivity index (χ2v) is 9.19. The van der Waals surface area contributed by atoms with Crippen molar-refractivity contribution in [3.63, 3.8) is 0 Å². The average molecular weight is 508 g/mol. The van der Waals surface area contributed by atoms with E-state index in [1.165, 1.54) is 36.0 Å². The molecular formula is C27H26FN3O4S. The van der Waals surface area contributed by atoms with Gasteiger partial charge in [0.1, 0.15) is 11.1 Å². The average Bonchev–Trinajstić information content (AvgIpc) is 2.89. The Balaban J connectivity index is 1.53. The summed E-state index contributed by atoms with van der Waals surface area (Å²) in [5, 5.41) is 2.55. The van der Waals surface area contributed by atoms with Crippen molar-refractivity contribution in [2.45, 2.75) is 18.1 Å². The second-order valence-electron chi connectivity index (χ2n) is 8.02. The molecule has 0 saturated carbocycles. The van der Waals surface area contributed by atoms with Crippen LogP contribution in [0, 0.1) is 5.82 Å². The van der Waals surface area contributed by atoms with E-state index >= 15 is 0 Å². The Morgan fingerprint density at radius 1 is 1.06 bits per heavy atom. The molecule has 1 saturated heterocycles. The van der Waals surface area contributed by atoms with Crippen LogP contribution in [0.5, 0.6) is 11.5 Å². The van der Waals surface area contributed by atoms with Gasteiger partial charge in [-0.2, -0.15) is 0 Å². The van der Waals surface area contributed by atoms with Crippen LogP contribution >= 0.6 is 11.8 Å². The summed E-state index contributed by atoms with van der Waals surface area (Å²) >= 11 is 1.24. The molecule has 0 unspecified atom stereocenters. The molecule has 1 heterocycles. The summed E-state index contributed by atoms with van der Waals surface area (Å²) in [5.41, 5.74) is 2.12. The third kappa shape index (κ3) is 6.23. The summed E-state index contributed by atoms with van der Waals surface area (Å²) in [7, 11) is 3.16. The van der Waals surface area contributed by atoms with Crippen LogP contribution in [0.4, 0.5) is 15.8 Å². The lowest BCUT2D eigenvalue weighted by Gasteiger charge is -2.32. The monoisotopic (exact) mass is 507 g/mol. The second kappa shape index (κ2) is 11.7. The number of ether oxygens (including phenoxy) is 2. The third-order valence-electron chi connectivity index (χ3n) is 5.60. The Hall–Kier alpha value is -3.85. The number of benzene rings is 3. The van der Waals surface area contributed by atoms with E-state index in [1.54, 1.807) is 19.1 Å². The largest absolute Gasteiger partial charge is 0.493 e. The molecule has 1 fully saturated rings. The first kappa shape index (κ1) is 25.2. The maximum absolute atomic E-state index is 13.2. The summed E-state index contributed by atoms with van der Waals surface area (Å²) in [6, 6.07) is 20.4. The number of rotatable bonds is 8. The lowest BCUT2D eigenvalue weighted by Crippen LogP contribution is -2.46. The molecule has 1 aliphatic rings. The van der Waals surface area contributed by atoms with Crippen molar-refractivity contribution in [1.82, 2.24) is 4.90 Å². The van der Waals surface area contributed by atoms with E-state index < -0.39 is 11.1 Å². The van der Waals surface area contributed by atoms with Crippen molar-refractivity contribution in [3.8, 4) is 11.5 Å². The molecule has 0 radical (unpaired) electrons. The predicted octanol–water partition coefficient (Wildman–Crippen LogP) is 5.05. The number of nitrogens with zero attached hydrogens (tertiary/aromatic N) is 2. The molecule has 7 nitrogen and oxygen atoms in total. The Morgan fingerprint density at radius 2 is 1.78 bits per heavy atom. The zero-order valence-corrected chi connectivity index (χ0v) is 20.8. The number of carbonyl (C=O) groups excluding carboxylic acids is 2. The first-order valence-corrected chi connectivity index (χ1v) is 12.2. The van der Waals surface area contributed by atoms with Gasteiger partial charge in [-0.05, 0) is 60.5 Å². The molecule has 4 rings (SSSR count). The number of nitrogens with one attached hydrogen (secondary N) is 1. The number of amides is 2. The minimum atomic E-state index is -0.664. The highest BCUT2D eigenvalue weighted by Crippen LogP contribution is 2.31. The zero-order chi connectivity index (χ0) is 25.5. The first-order chi connectivity index (χ1) is 17.5. The van der Waals surface area contributed by atoms with Crippen LogP contribution in [-0.2, 0) is 16.0 Å². The van der Waals surface area contributed by atoms with Gasteiger partial charge in [-0.15, -0.1) is 0 Å². The molecule has 186 valence electrons. The zero-order valence-electron chi connectivity index (χ0n) is 19.9. The minimum absolute atomic E-state index is 0.0252. The van der Waals surface area contributed by atoms with Crippen molar-refractivity contribution in [3.05, 3.63) is 84.2 Å². The Labute approximate surface area is 213 Å². The Morgan fingerprint density at radius 3 is 2.47 bits per heavy atom. The van der Waals surface area contributed by atoms with Gasteiger partial charge in [0, 0.05) is 18.7 Å². The molecule has 1 atom stereocenters. The molecule has 1 N–H and O–H groups in total. The summed E-state index contributed by atoms with van der Waals surface area (Å²) in [6.45, 7) is 0.388. The molecule has 2 amide bonds. The number of hydrogen-bond acceptors (Lipinski definition) is 6. The van der Waals surface area contributed by atoms with Crippen molar-refractivity contribution >= 4 is 40.1 Å². The normalized spacial score (nSPS) is 16.6. The summed E-state index contributed by atoms with van der Waals surface area (Å²) in [4.78, 5) is 32.5. The lowest BCUT2D eigenvalue weighted by molar-refractivity contribution is -0.129. The van der Waals surface area contributed by atoms with Gasteiger partial charge in [0.2, 0.25) is 11.8 Å². The first-order valence-electron chi connectivity index (χ1n) is 11.3. The van der Waals surface area contributed by atoms with Crippen molar-refractivity contribution in [2.24, 2.45) is 4.99 Å². The van der Waals surface area contributed by atoms with E-state index in [1.807, 2.05) is 48.5 Å². The van der Waals surface area contributed by atoms with Crippen molar-refractivity contribution < 1.29 is 23.5 Å². The van der Waals surface area contributed by atoms with Gasteiger partial charge in [0.05, 0.1) is 19.9 Å². The van der Waals surface area contributed by atoms with Crippen LogP contribution in [0.3, 0.4) is 0 Å². The number of halogens is 1. The van der Waals surface area contributed by atoms with E-state index in [-0.39, 0.29) is 18.2 Å². The SMILES string of the molecule is COc1ccc(CCN2C(=O)C[C@@H](C(=O)Nc3ccc(F)cc3)SC2=Nc2ccccc2)cc1OC. The van der Waals surface area contributed by atoms with E-state index in [0.717, 1.165) is 5.56 Å². The molecule has 0 aliphatic carbocycles. The molecule has 1 aliphatic heterocycles. The van der Waals surface area contributed by atoms with Crippen LogP contribution in [-0.4, -0.2) is 47.9 Å². The minimum Gasteiger partial charge on any atom is -0.493 e. The molecular weight excluding hydrogens is 481 g/mol. The summed E-state index contributed by atoms with van der Waals surface area (Å²) < 4.78 is 23.9. The maximum Gasteiger partial charge on any atom is 0.238 e. The van der Waals surface area contributed by atoms with E-state index in [4.69, 9.17) is 9.47 Å². The van der Waals surface area contributed by atoms with E-state index in [2.05, 4.69) is 10.3 Å². The number of carbonyl (C=O) groups is 2. The summed E-state index contributed by atoms with van der Waals surface area (Å²) in [5.74, 6) is 0.332. The van der Waals surface area contributed by atoms with Crippen LogP contribution in [0.1, 0.15) is 12.0 Å². The number of para-hydroxylation sites is 1. The fraction of sp³-hybridized carbons (Fsp3) is 0.222. The van der Waals surface area contributed by atoms with Gasteiger partial charge in [0.25, 0.3) is 0 Å². The van der Waals surface area contributed by atoms with Crippen LogP contribution in [0.25, 0.3) is 0 Å². The number of hydrogen-bond donors (Lipinski definition) is 1. The topological polar surface area (TPSA) is 80.2 Å². The number of amidine groups is 1. The van der Waals surface area contributed by atoms with Gasteiger partial charge in [0.15, 0.2) is 16.7 Å². The van der Waals surface area contributed by atoms with Crippen LogP contribution < -0.4 is 14.8 Å². The fourth-order valence-electron chi connectivity index (χ4n) is 3.71. The van der Waals surface area contributed by atoms with E-state index in [0.29, 0.717) is 41.0 Å². The Bertz CT molecular complexity index is 1250. The predicted molar refractivity (Wildman–Crippen MR) is 140 cm³/mol. The number of aliphatic imine (C=N–C) groups is 1. The number of anilines is 1. The van der Waals surface area contributed by atoms with Gasteiger partial charge in [-0.1, -0.05) is 36.0 Å². The molecule has 3 aromatic rings. The molecule has 3 aromatic carbocycles. The van der Waals surface area contributed by atoms with Gasteiger partial charge in [-0.3, -0.25) is 14.5 Å². The van der Waals surface area contributed by atoms with Gasteiger partial charge < -0.3 is 14.8 Å². The van der Waals surface area contributed by atoms with E-state index in [9.17, 15) is 14.0 Å². The fourth-order valence-corrected chi connectivity index (χ4v) is 4.83. The molecule has 9 heteroatoms. The highest BCUT2D eigenvalue weighted by atomic mass is 32.2. The molecule has 0 aromatic heterocycles. The third-order valence-corrected chi connectivity index (χ3v) is 6.78. The number of thioether (sulfide) groups is 1. The number of methoxy groups -OCH3 is 2. The smallest absolute Gasteiger partial charge is 0.238 e. The van der Waals surface area contributed by atoms with Gasteiger partial charge in [-0.25, -0.2) is 9.38 Å². The quantitative estimate of drug-likeness (QED) is 0.462. The lowest BCUT2D eigenvalue weighted by atomic mass is 10.1. The van der Waals surface area contributed by atoms with Crippen LogP contribution in [0.15, 0.2) is 77.8 Å². The maximum atomic E-state index is 13.2.